The molecule has 4 heteroatoms. The van der Waals surface area contributed by atoms with Crippen molar-refractivity contribution in [3.8, 4) is 6.07 Å². The Labute approximate surface area is 90.5 Å². The van der Waals surface area contributed by atoms with Crippen molar-refractivity contribution in [2.24, 2.45) is 5.92 Å². The highest BCUT2D eigenvalue weighted by atomic mass is 16.5. The van der Waals surface area contributed by atoms with E-state index in [0.29, 0.717) is 12.0 Å². The van der Waals surface area contributed by atoms with Crippen LogP contribution < -0.4 is 5.32 Å². The molecule has 0 saturated carbocycles. The molecule has 2 aliphatic rings. The van der Waals surface area contributed by atoms with E-state index >= 15 is 0 Å². The number of hydrogen-bond acceptors (Lipinski definition) is 4. The van der Waals surface area contributed by atoms with E-state index in [9.17, 15) is 0 Å². The summed E-state index contributed by atoms with van der Waals surface area (Å²) in [7, 11) is 0. The average molecular weight is 210 g/mol. The Hall–Kier alpha value is -0.630. The summed E-state index contributed by atoms with van der Waals surface area (Å²) in [6.45, 7) is 3.19. The van der Waals surface area contributed by atoms with Gasteiger partial charge in [-0.25, -0.2) is 0 Å². The van der Waals surface area contributed by atoms with E-state index in [4.69, 9.17) is 14.7 Å². The van der Waals surface area contributed by atoms with Gasteiger partial charge in [0.1, 0.15) is 6.04 Å². The molecule has 84 valence electrons. The van der Waals surface area contributed by atoms with Gasteiger partial charge in [-0.2, -0.15) is 5.26 Å². The molecule has 0 spiro atoms. The first-order chi connectivity index (χ1) is 7.40. The molecule has 0 aliphatic carbocycles. The minimum atomic E-state index is -0.0725. The lowest BCUT2D eigenvalue weighted by atomic mass is 10.00. The van der Waals surface area contributed by atoms with E-state index in [0.717, 1.165) is 45.6 Å². The Morgan fingerprint density at radius 2 is 2.33 bits per heavy atom. The van der Waals surface area contributed by atoms with Crippen molar-refractivity contribution in [3.63, 3.8) is 0 Å². The molecule has 2 fully saturated rings. The molecule has 3 atom stereocenters. The zero-order valence-electron chi connectivity index (χ0n) is 8.95. The molecule has 0 bridgehead atoms. The second-order valence-electron chi connectivity index (χ2n) is 4.27. The van der Waals surface area contributed by atoms with Gasteiger partial charge in [-0.05, 0) is 19.3 Å². The molecule has 0 aromatic heterocycles. The van der Waals surface area contributed by atoms with Gasteiger partial charge in [0.05, 0.1) is 18.8 Å². The van der Waals surface area contributed by atoms with Gasteiger partial charge in [0.25, 0.3) is 0 Å². The summed E-state index contributed by atoms with van der Waals surface area (Å²) < 4.78 is 10.8. The Bertz CT molecular complexity index is 227. The van der Waals surface area contributed by atoms with Crippen LogP contribution in [0.3, 0.4) is 0 Å². The maximum absolute atomic E-state index is 9.05. The summed E-state index contributed by atoms with van der Waals surface area (Å²) in [6.07, 6.45) is 3.57. The van der Waals surface area contributed by atoms with Crippen LogP contribution in [0.2, 0.25) is 0 Å². The quantitative estimate of drug-likeness (QED) is 0.741. The number of nitrogens with zero attached hydrogens (tertiary/aromatic N) is 1. The highest BCUT2D eigenvalue weighted by Crippen LogP contribution is 2.17. The highest BCUT2D eigenvalue weighted by Gasteiger charge is 2.26. The molecular weight excluding hydrogens is 192 g/mol. The van der Waals surface area contributed by atoms with Crippen LogP contribution in [0.25, 0.3) is 0 Å². The fourth-order valence-corrected chi connectivity index (χ4v) is 2.20. The van der Waals surface area contributed by atoms with Crippen LogP contribution in [0.1, 0.15) is 19.3 Å². The van der Waals surface area contributed by atoms with Gasteiger partial charge in [-0.1, -0.05) is 0 Å². The van der Waals surface area contributed by atoms with Crippen molar-refractivity contribution >= 4 is 0 Å². The molecule has 3 unspecified atom stereocenters. The topological polar surface area (TPSA) is 54.3 Å². The largest absolute Gasteiger partial charge is 0.381 e. The fraction of sp³-hybridized carbons (Fsp3) is 0.909. The second-order valence-corrected chi connectivity index (χ2v) is 4.27. The molecule has 0 aromatic rings. The monoisotopic (exact) mass is 210 g/mol. The summed E-state index contributed by atoms with van der Waals surface area (Å²) in [5.41, 5.74) is 0. The van der Waals surface area contributed by atoms with Crippen LogP contribution in [0.15, 0.2) is 0 Å². The Morgan fingerprint density at radius 3 is 2.93 bits per heavy atom. The molecule has 15 heavy (non-hydrogen) atoms. The van der Waals surface area contributed by atoms with Crippen molar-refractivity contribution in [1.29, 1.82) is 5.26 Å². The first kappa shape index (κ1) is 10.9. The van der Waals surface area contributed by atoms with E-state index in [-0.39, 0.29) is 6.04 Å². The van der Waals surface area contributed by atoms with Crippen LogP contribution in [0.4, 0.5) is 0 Å². The van der Waals surface area contributed by atoms with E-state index < -0.39 is 0 Å². The predicted molar refractivity (Wildman–Crippen MR) is 55.3 cm³/mol. The van der Waals surface area contributed by atoms with E-state index in [1.54, 1.807) is 0 Å². The number of rotatable bonds is 4. The van der Waals surface area contributed by atoms with Crippen molar-refractivity contribution in [3.05, 3.63) is 0 Å². The van der Waals surface area contributed by atoms with Gasteiger partial charge in [0, 0.05) is 25.7 Å². The first-order valence-corrected chi connectivity index (χ1v) is 5.72. The predicted octanol–water partition coefficient (Wildman–Crippen LogP) is 0.684. The SMILES string of the molecule is N#CC(NCC1CCCO1)C1CCOC1. The fourth-order valence-electron chi connectivity index (χ4n) is 2.20. The normalized spacial score (nSPS) is 32.7. The molecule has 0 radical (unpaired) electrons. The van der Waals surface area contributed by atoms with Gasteiger partial charge in [0.15, 0.2) is 0 Å². The summed E-state index contributed by atoms with van der Waals surface area (Å²) in [5.74, 6) is 0.358. The smallest absolute Gasteiger partial charge is 0.100 e. The van der Waals surface area contributed by atoms with Crippen LogP contribution in [-0.2, 0) is 9.47 Å². The van der Waals surface area contributed by atoms with E-state index in [2.05, 4.69) is 11.4 Å². The Balaban J connectivity index is 1.72. The standard InChI is InChI=1S/C11H18N2O2/c12-6-11(9-3-5-14-8-9)13-7-10-2-1-4-15-10/h9-11,13H,1-5,7-8H2. The third kappa shape index (κ3) is 2.91. The first-order valence-electron chi connectivity index (χ1n) is 5.72. The molecule has 2 aliphatic heterocycles. The molecule has 1 N–H and O–H groups in total. The lowest BCUT2D eigenvalue weighted by Crippen LogP contribution is -2.39. The lowest BCUT2D eigenvalue weighted by molar-refractivity contribution is 0.106. The third-order valence-electron chi connectivity index (χ3n) is 3.16. The summed E-state index contributed by atoms with van der Waals surface area (Å²) in [4.78, 5) is 0. The average Bonchev–Trinajstić information content (AvgIpc) is 2.90. The van der Waals surface area contributed by atoms with E-state index in [1.807, 2.05) is 0 Å². The molecule has 0 aromatic carbocycles. The molecule has 4 nitrogen and oxygen atoms in total. The number of nitriles is 1. The Morgan fingerprint density at radius 1 is 1.40 bits per heavy atom. The molecule has 0 amide bonds. The molecule has 2 rings (SSSR count). The maximum atomic E-state index is 9.05. The minimum Gasteiger partial charge on any atom is -0.381 e. The van der Waals surface area contributed by atoms with E-state index in [1.165, 1.54) is 0 Å². The molecule has 2 heterocycles. The summed E-state index contributed by atoms with van der Waals surface area (Å²) in [6, 6.07) is 2.25. The third-order valence-corrected chi connectivity index (χ3v) is 3.16. The number of ether oxygens (including phenoxy) is 2. The van der Waals surface area contributed by atoms with Crippen LogP contribution >= 0.6 is 0 Å². The van der Waals surface area contributed by atoms with Crippen molar-refractivity contribution in [2.75, 3.05) is 26.4 Å². The molecule has 2 saturated heterocycles. The van der Waals surface area contributed by atoms with Crippen LogP contribution in [-0.4, -0.2) is 38.5 Å². The number of nitrogens with one attached hydrogen (secondary N) is 1. The maximum Gasteiger partial charge on any atom is 0.100 e. The van der Waals surface area contributed by atoms with Gasteiger partial charge in [-0.3, -0.25) is 5.32 Å². The Kier molecular flexibility index (Phi) is 3.95. The van der Waals surface area contributed by atoms with Gasteiger partial charge >= 0.3 is 0 Å². The highest BCUT2D eigenvalue weighted by molar-refractivity contribution is 4.96. The second kappa shape index (κ2) is 5.45. The summed E-state index contributed by atoms with van der Waals surface area (Å²) in [5, 5.41) is 12.3. The van der Waals surface area contributed by atoms with Crippen molar-refractivity contribution < 1.29 is 9.47 Å². The van der Waals surface area contributed by atoms with Crippen molar-refractivity contribution in [1.82, 2.24) is 5.32 Å². The number of hydrogen-bond donors (Lipinski definition) is 1. The van der Waals surface area contributed by atoms with Crippen LogP contribution in [0.5, 0.6) is 0 Å². The zero-order chi connectivity index (χ0) is 10.5. The van der Waals surface area contributed by atoms with Crippen LogP contribution in [0, 0.1) is 17.2 Å². The minimum absolute atomic E-state index is 0.0725. The lowest BCUT2D eigenvalue weighted by Gasteiger charge is -2.18. The zero-order valence-corrected chi connectivity index (χ0v) is 8.95. The van der Waals surface area contributed by atoms with Crippen molar-refractivity contribution in [2.45, 2.75) is 31.4 Å². The van der Waals surface area contributed by atoms with Gasteiger partial charge < -0.3 is 9.47 Å². The molecular formula is C11H18N2O2. The summed E-state index contributed by atoms with van der Waals surface area (Å²) >= 11 is 0. The van der Waals surface area contributed by atoms with Gasteiger partial charge in [0.2, 0.25) is 0 Å². The van der Waals surface area contributed by atoms with Gasteiger partial charge in [-0.15, -0.1) is 0 Å².